The molecule has 1 unspecified atom stereocenters. The number of rotatable bonds is 10. The van der Waals surface area contributed by atoms with Crippen molar-refractivity contribution in [1.29, 1.82) is 0 Å². The molecule has 0 heterocycles. The van der Waals surface area contributed by atoms with Gasteiger partial charge in [0.15, 0.2) is 0 Å². The van der Waals surface area contributed by atoms with Gasteiger partial charge in [0.25, 0.3) is 0 Å². The first-order valence-electron chi connectivity index (χ1n) is 10.8. The zero-order chi connectivity index (χ0) is 27.3. The summed E-state index contributed by atoms with van der Waals surface area (Å²) in [7, 11) is -4.26. The van der Waals surface area contributed by atoms with Crippen LogP contribution in [-0.2, 0) is 32.3 Å². The van der Waals surface area contributed by atoms with E-state index < -0.39 is 51.9 Å². The van der Waals surface area contributed by atoms with Gasteiger partial charge in [0.1, 0.15) is 12.6 Å². The predicted octanol–water partition coefficient (Wildman–Crippen LogP) is 4.72. The summed E-state index contributed by atoms with van der Waals surface area (Å²) in [5.41, 5.74) is -1.08. The number of sulfonamides is 1. The van der Waals surface area contributed by atoms with Gasteiger partial charge in [-0.3, -0.25) is 13.9 Å². The van der Waals surface area contributed by atoms with Gasteiger partial charge in [-0.1, -0.05) is 42.3 Å². The molecule has 0 saturated heterocycles. The zero-order valence-electron chi connectivity index (χ0n) is 19.8. The number of nitrogens with zero attached hydrogens (tertiary/aromatic N) is 2. The average Bonchev–Trinajstić information content (AvgIpc) is 2.78. The summed E-state index contributed by atoms with van der Waals surface area (Å²) in [5, 5.41) is 2.77. The summed E-state index contributed by atoms with van der Waals surface area (Å²) < 4.78 is 65.5. The van der Waals surface area contributed by atoms with Gasteiger partial charge >= 0.3 is 6.18 Å². The topological polar surface area (TPSA) is 86.8 Å². The van der Waals surface area contributed by atoms with E-state index in [1.165, 1.54) is 6.92 Å². The molecule has 1 N–H and O–H groups in total. The maximum Gasteiger partial charge on any atom is 0.416 e. The lowest BCUT2D eigenvalue weighted by Crippen LogP contribution is -2.51. The Bertz CT molecular complexity index is 1210. The second-order valence-electron chi connectivity index (χ2n) is 8.05. The molecular weight excluding hydrogens is 542 g/mol. The summed E-state index contributed by atoms with van der Waals surface area (Å²) in [6.07, 6.45) is -3.37. The van der Waals surface area contributed by atoms with E-state index in [2.05, 4.69) is 5.32 Å². The summed E-state index contributed by atoms with van der Waals surface area (Å²) in [4.78, 5) is 27.2. The molecule has 0 fully saturated rings. The van der Waals surface area contributed by atoms with Crippen molar-refractivity contribution in [2.24, 2.45) is 0 Å². The Morgan fingerprint density at radius 3 is 2.33 bits per heavy atom. The van der Waals surface area contributed by atoms with Gasteiger partial charge in [-0.15, -0.1) is 0 Å². The highest BCUT2D eigenvalue weighted by molar-refractivity contribution is 7.92. The first-order chi connectivity index (χ1) is 16.6. The van der Waals surface area contributed by atoms with Crippen LogP contribution in [0.5, 0.6) is 0 Å². The van der Waals surface area contributed by atoms with Crippen molar-refractivity contribution in [1.82, 2.24) is 10.2 Å². The third-order valence-corrected chi connectivity index (χ3v) is 6.86. The Morgan fingerprint density at radius 2 is 1.78 bits per heavy atom. The average molecular weight is 568 g/mol. The van der Waals surface area contributed by atoms with Gasteiger partial charge in [-0.2, -0.15) is 13.2 Å². The minimum atomic E-state index is -4.77. The molecule has 0 spiro atoms. The number of alkyl halides is 3. The molecule has 2 aromatic rings. The van der Waals surface area contributed by atoms with Crippen molar-refractivity contribution in [2.45, 2.75) is 39.0 Å². The minimum absolute atomic E-state index is 0.103. The van der Waals surface area contributed by atoms with E-state index in [0.717, 1.165) is 17.2 Å². The van der Waals surface area contributed by atoms with E-state index in [4.69, 9.17) is 23.2 Å². The Labute approximate surface area is 218 Å². The van der Waals surface area contributed by atoms with Crippen LogP contribution >= 0.6 is 23.2 Å². The number of anilines is 1. The molecule has 2 rings (SSSR count). The second kappa shape index (κ2) is 12.2. The predicted molar refractivity (Wildman–Crippen MR) is 133 cm³/mol. The van der Waals surface area contributed by atoms with Crippen molar-refractivity contribution in [3.63, 3.8) is 0 Å². The first-order valence-corrected chi connectivity index (χ1v) is 13.4. The summed E-state index contributed by atoms with van der Waals surface area (Å²) in [6, 6.07) is 7.67. The van der Waals surface area contributed by atoms with Gasteiger partial charge in [0, 0.05) is 18.1 Å². The highest BCUT2D eigenvalue weighted by atomic mass is 35.5. The fourth-order valence-corrected chi connectivity index (χ4v) is 4.62. The van der Waals surface area contributed by atoms with E-state index in [9.17, 15) is 31.2 Å². The number of carbonyl (C=O) groups excluding carboxylic acids is 2. The van der Waals surface area contributed by atoms with Crippen molar-refractivity contribution in [3.05, 3.63) is 63.6 Å². The zero-order valence-corrected chi connectivity index (χ0v) is 22.1. The van der Waals surface area contributed by atoms with E-state index in [0.29, 0.717) is 40.0 Å². The molecule has 0 aliphatic carbocycles. The van der Waals surface area contributed by atoms with Crippen molar-refractivity contribution in [2.75, 3.05) is 23.7 Å². The van der Waals surface area contributed by atoms with Crippen molar-refractivity contribution >= 4 is 50.7 Å². The lowest BCUT2D eigenvalue weighted by molar-refractivity contribution is -0.139. The minimum Gasteiger partial charge on any atom is -0.354 e. The lowest BCUT2D eigenvalue weighted by Gasteiger charge is -2.32. The Kier molecular flexibility index (Phi) is 10.0. The van der Waals surface area contributed by atoms with Gasteiger partial charge in [0.05, 0.1) is 22.5 Å². The van der Waals surface area contributed by atoms with Crippen LogP contribution in [0.4, 0.5) is 18.9 Å². The van der Waals surface area contributed by atoms with Crippen LogP contribution in [-0.4, -0.2) is 50.5 Å². The molecule has 1 atom stereocenters. The molecule has 198 valence electrons. The SMILES string of the molecule is CCCNC(=O)C(C)N(Cc1cccc(Cl)c1)C(=O)CN(c1cc(C(F)(F)F)ccc1Cl)S(C)(=O)=O. The summed E-state index contributed by atoms with van der Waals surface area (Å²) in [5.74, 6) is -1.30. The van der Waals surface area contributed by atoms with Gasteiger partial charge < -0.3 is 10.2 Å². The molecule has 36 heavy (non-hydrogen) atoms. The molecule has 0 saturated carbocycles. The van der Waals surface area contributed by atoms with Crippen molar-refractivity contribution in [3.8, 4) is 0 Å². The number of benzene rings is 2. The van der Waals surface area contributed by atoms with Gasteiger partial charge in [-0.25, -0.2) is 8.42 Å². The van der Waals surface area contributed by atoms with E-state index in [1.54, 1.807) is 24.3 Å². The monoisotopic (exact) mass is 567 g/mol. The number of halogens is 5. The lowest BCUT2D eigenvalue weighted by atomic mass is 10.1. The molecule has 0 aromatic heterocycles. The molecule has 0 radical (unpaired) electrons. The molecule has 0 bridgehead atoms. The third-order valence-electron chi connectivity index (χ3n) is 5.18. The Morgan fingerprint density at radius 1 is 1.11 bits per heavy atom. The second-order valence-corrected chi connectivity index (χ2v) is 10.8. The first kappa shape index (κ1) is 29.7. The Hall–Kier alpha value is -2.50. The van der Waals surface area contributed by atoms with Crippen LogP contribution in [0.25, 0.3) is 0 Å². The van der Waals surface area contributed by atoms with Crippen LogP contribution in [0, 0.1) is 0 Å². The molecular formula is C23H26Cl2F3N3O4S. The number of carbonyl (C=O) groups is 2. The molecule has 2 amide bonds. The maximum absolute atomic E-state index is 13.4. The number of hydrogen-bond acceptors (Lipinski definition) is 4. The standard InChI is InChI=1S/C23H26Cl2F3N3O4S/c1-4-10-29-22(33)15(2)30(13-16-6-5-7-18(24)11-16)21(32)14-31(36(3,34)35)20-12-17(23(26,27)28)8-9-19(20)25/h5-9,11-12,15H,4,10,13-14H2,1-3H3,(H,29,33). The Balaban J connectivity index is 2.48. The van der Waals surface area contributed by atoms with Gasteiger partial charge in [-0.05, 0) is 49.2 Å². The van der Waals surface area contributed by atoms with Crippen LogP contribution in [0.3, 0.4) is 0 Å². The highest BCUT2D eigenvalue weighted by Crippen LogP contribution is 2.36. The largest absolute Gasteiger partial charge is 0.416 e. The highest BCUT2D eigenvalue weighted by Gasteiger charge is 2.34. The van der Waals surface area contributed by atoms with Gasteiger partial charge in [0.2, 0.25) is 21.8 Å². The molecule has 7 nitrogen and oxygen atoms in total. The maximum atomic E-state index is 13.4. The van der Waals surface area contributed by atoms with Crippen LogP contribution in [0.1, 0.15) is 31.4 Å². The third kappa shape index (κ3) is 8.01. The fourth-order valence-electron chi connectivity index (χ4n) is 3.29. The van der Waals surface area contributed by atoms with E-state index >= 15 is 0 Å². The van der Waals surface area contributed by atoms with E-state index in [-0.39, 0.29) is 11.6 Å². The number of amides is 2. The normalized spacial score (nSPS) is 12.7. The quantitative estimate of drug-likeness (QED) is 0.450. The number of nitrogens with one attached hydrogen (secondary N) is 1. The number of hydrogen-bond donors (Lipinski definition) is 1. The summed E-state index contributed by atoms with van der Waals surface area (Å²) >= 11 is 12.1. The van der Waals surface area contributed by atoms with Crippen LogP contribution in [0.2, 0.25) is 10.0 Å². The van der Waals surface area contributed by atoms with E-state index in [1.807, 2.05) is 6.92 Å². The smallest absolute Gasteiger partial charge is 0.354 e. The van der Waals surface area contributed by atoms with Crippen molar-refractivity contribution < 1.29 is 31.2 Å². The fraction of sp³-hybridized carbons (Fsp3) is 0.391. The molecule has 2 aromatic carbocycles. The van der Waals surface area contributed by atoms with Crippen LogP contribution in [0.15, 0.2) is 42.5 Å². The molecule has 0 aliphatic rings. The molecule has 13 heteroatoms. The summed E-state index contributed by atoms with van der Waals surface area (Å²) in [6.45, 7) is 2.69. The van der Waals surface area contributed by atoms with Crippen LogP contribution < -0.4 is 9.62 Å². The molecule has 0 aliphatic heterocycles.